The summed E-state index contributed by atoms with van der Waals surface area (Å²) in [5.74, 6) is 0. The summed E-state index contributed by atoms with van der Waals surface area (Å²) in [5.41, 5.74) is 22.6. The Labute approximate surface area is 411 Å². The molecule has 0 radical (unpaired) electrons. The predicted molar refractivity (Wildman–Crippen MR) is 294 cm³/mol. The first-order chi connectivity index (χ1) is 33.0. The first-order valence-electron chi connectivity index (χ1n) is 25.3. The van der Waals surface area contributed by atoms with E-state index >= 15 is 0 Å². The van der Waals surface area contributed by atoms with Crippen LogP contribution in [0.1, 0.15) is 115 Å². The minimum atomic E-state index is -0.456. The van der Waals surface area contributed by atoms with Gasteiger partial charge < -0.3 is 14.7 Å². The Morgan fingerprint density at radius 3 is 1.65 bits per heavy atom. The number of nitrogens with zero attached hydrogens (tertiary/aromatic N) is 3. The molecule has 0 N–H and O–H groups in total. The molecule has 69 heavy (non-hydrogen) atoms. The molecule has 3 aliphatic heterocycles. The normalized spacial score (nSPS) is 19.0. The lowest BCUT2D eigenvalue weighted by Gasteiger charge is -2.53. The monoisotopic (exact) mass is 898 g/mol. The SMILES string of the molecule is CC(C)(C)c1ccc(N2c3cc(N4c5ccc(C(C)(C)C)cc5C5(c6ccccc6)CCc6ccccc6C45C)ccc3B3c4ccccc4N(c4ccccc4)c4cc(C(C)(C)C)cc2c43)cc1. The van der Waals surface area contributed by atoms with Gasteiger partial charge in [-0.2, -0.15) is 0 Å². The Morgan fingerprint density at radius 2 is 0.971 bits per heavy atom. The maximum Gasteiger partial charge on any atom is 0.252 e. The minimum absolute atomic E-state index is 0.0112. The molecule has 0 saturated heterocycles. The number of fused-ring (bicyclic) bond motifs is 9. The van der Waals surface area contributed by atoms with Crippen molar-refractivity contribution in [3.05, 3.63) is 221 Å². The van der Waals surface area contributed by atoms with Crippen LogP contribution in [0.2, 0.25) is 0 Å². The second-order valence-corrected chi connectivity index (χ2v) is 23.5. The summed E-state index contributed by atoms with van der Waals surface area (Å²) < 4.78 is 0. The van der Waals surface area contributed by atoms with Crippen LogP contribution >= 0.6 is 0 Å². The van der Waals surface area contributed by atoms with Gasteiger partial charge in [0.25, 0.3) is 6.71 Å². The van der Waals surface area contributed by atoms with Gasteiger partial charge in [0, 0.05) is 45.5 Å². The highest BCUT2D eigenvalue weighted by Crippen LogP contribution is 2.67. The molecule has 0 spiro atoms. The second-order valence-electron chi connectivity index (χ2n) is 23.5. The fraction of sp³-hybridized carbons (Fsp3) is 0.262. The van der Waals surface area contributed by atoms with Crippen LogP contribution in [0.25, 0.3) is 0 Å². The zero-order valence-electron chi connectivity index (χ0n) is 42.2. The maximum atomic E-state index is 2.76. The average Bonchev–Trinajstić information content (AvgIpc) is 3.58. The quantitative estimate of drug-likeness (QED) is 0.163. The van der Waals surface area contributed by atoms with Gasteiger partial charge in [-0.25, -0.2) is 0 Å². The van der Waals surface area contributed by atoms with Crippen molar-refractivity contribution in [1.29, 1.82) is 0 Å². The van der Waals surface area contributed by atoms with Gasteiger partial charge in [-0.15, -0.1) is 0 Å². The van der Waals surface area contributed by atoms with E-state index in [0.717, 1.165) is 12.8 Å². The van der Waals surface area contributed by atoms with Crippen LogP contribution in [0.3, 0.4) is 0 Å². The number of para-hydroxylation sites is 2. The summed E-state index contributed by atoms with van der Waals surface area (Å²) in [5, 5.41) is 0. The summed E-state index contributed by atoms with van der Waals surface area (Å²) in [6.07, 6.45) is 2.04. The van der Waals surface area contributed by atoms with Gasteiger partial charge in [0.15, 0.2) is 0 Å². The summed E-state index contributed by atoms with van der Waals surface area (Å²) in [6.45, 7) is 23.7. The smallest absolute Gasteiger partial charge is 0.252 e. The summed E-state index contributed by atoms with van der Waals surface area (Å²) in [7, 11) is 0. The number of benzene rings is 8. The van der Waals surface area contributed by atoms with E-state index < -0.39 is 5.54 Å². The first-order valence-corrected chi connectivity index (χ1v) is 25.3. The number of hydrogen-bond donors (Lipinski definition) is 0. The fourth-order valence-electron chi connectivity index (χ4n) is 12.9. The zero-order valence-corrected chi connectivity index (χ0v) is 42.2. The van der Waals surface area contributed by atoms with Crippen molar-refractivity contribution < 1.29 is 0 Å². The van der Waals surface area contributed by atoms with Gasteiger partial charge in [-0.05, 0) is 152 Å². The predicted octanol–water partition coefficient (Wildman–Crippen LogP) is 15.0. The van der Waals surface area contributed by atoms with Crippen LogP contribution in [-0.2, 0) is 33.6 Å². The number of rotatable bonds is 4. The molecule has 342 valence electrons. The number of anilines is 8. The Balaban J connectivity index is 1.17. The Kier molecular flexibility index (Phi) is 9.53. The van der Waals surface area contributed by atoms with E-state index in [4.69, 9.17) is 0 Å². The molecule has 2 unspecified atom stereocenters. The van der Waals surface area contributed by atoms with Crippen LogP contribution in [0.5, 0.6) is 0 Å². The molecule has 4 aliphatic rings. The largest absolute Gasteiger partial charge is 0.330 e. The van der Waals surface area contributed by atoms with Gasteiger partial charge in [0.05, 0.1) is 11.0 Å². The van der Waals surface area contributed by atoms with Crippen molar-refractivity contribution in [2.24, 2.45) is 0 Å². The Morgan fingerprint density at radius 1 is 0.420 bits per heavy atom. The fourth-order valence-corrected chi connectivity index (χ4v) is 12.9. The standard InChI is InChI=1S/C65H64BN3/c1-61(2,3)44-29-32-49(33-30-44)68-57-42-50(34-35-54(57)66-53-27-19-20-28-56(53)67(48-24-15-12-16-25-48)58-40-47(63(7,8)9)41-59(68)60(58)66)69-55-36-31-46(62(4,5)6)39-52(55)65(45-22-13-11-14-23-45)38-37-43-21-17-18-26-51(43)64(65,69)10/h11-36,39-42H,37-38H2,1-10H3. The van der Waals surface area contributed by atoms with Crippen LogP contribution in [0.4, 0.5) is 45.5 Å². The number of hydrogen-bond acceptors (Lipinski definition) is 3. The Bertz CT molecular complexity index is 3320. The van der Waals surface area contributed by atoms with Gasteiger partial charge in [0.1, 0.15) is 0 Å². The second kappa shape index (κ2) is 15.1. The maximum absolute atomic E-state index is 2.76. The van der Waals surface area contributed by atoms with Crippen LogP contribution in [0, 0.1) is 0 Å². The molecule has 0 fully saturated rings. The molecule has 0 bridgehead atoms. The molecule has 8 aromatic carbocycles. The average molecular weight is 898 g/mol. The van der Waals surface area contributed by atoms with Crippen molar-refractivity contribution in [1.82, 2.24) is 0 Å². The highest BCUT2D eigenvalue weighted by molar-refractivity contribution is 7.00. The molecule has 12 rings (SSSR count). The van der Waals surface area contributed by atoms with Crippen molar-refractivity contribution >= 4 is 68.6 Å². The minimum Gasteiger partial charge on any atom is -0.330 e. The van der Waals surface area contributed by atoms with Gasteiger partial charge in [-0.3, -0.25) is 0 Å². The third-order valence-electron chi connectivity index (χ3n) is 16.5. The first kappa shape index (κ1) is 43.5. The molecule has 0 aromatic heterocycles. The van der Waals surface area contributed by atoms with Gasteiger partial charge in [0.2, 0.25) is 0 Å². The molecular formula is C65H64BN3. The third kappa shape index (κ3) is 6.33. The van der Waals surface area contributed by atoms with Crippen LogP contribution in [0.15, 0.2) is 182 Å². The lowest BCUT2D eigenvalue weighted by molar-refractivity contribution is 0.270. The lowest BCUT2D eigenvalue weighted by atomic mass is 9.33. The molecular weight excluding hydrogens is 834 g/mol. The highest BCUT2D eigenvalue weighted by Gasteiger charge is 2.63. The molecule has 0 saturated carbocycles. The van der Waals surface area contributed by atoms with Gasteiger partial charge in [-0.1, -0.05) is 184 Å². The van der Waals surface area contributed by atoms with Crippen LogP contribution in [-0.4, -0.2) is 6.71 Å². The van der Waals surface area contributed by atoms with E-state index in [9.17, 15) is 0 Å². The molecule has 1 aliphatic carbocycles. The van der Waals surface area contributed by atoms with Crippen molar-refractivity contribution in [3.8, 4) is 0 Å². The molecule has 8 aromatic rings. The molecule has 3 nitrogen and oxygen atoms in total. The van der Waals surface area contributed by atoms with E-state index in [1.54, 1.807) is 0 Å². The third-order valence-corrected chi connectivity index (χ3v) is 16.5. The highest BCUT2D eigenvalue weighted by atomic mass is 15.3. The van der Waals surface area contributed by atoms with E-state index in [0.29, 0.717) is 0 Å². The van der Waals surface area contributed by atoms with E-state index in [1.165, 1.54) is 101 Å². The lowest BCUT2D eigenvalue weighted by Crippen LogP contribution is -2.61. The van der Waals surface area contributed by atoms with Crippen molar-refractivity contribution in [3.63, 3.8) is 0 Å². The van der Waals surface area contributed by atoms with Crippen LogP contribution < -0.4 is 31.1 Å². The van der Waals surface area contributed by atoms with E-state index in [1.807, 2.05) is 0 Å². The summed E-state index contributed by atoms with van der Waals surface area (Å²) in [6, 6.07) is 70.4. The zero-order chi connectivity index (χ0) is 47.8. The summed E-state index contributed by atoms with van der Waals surface area (Å²) >= 11 is 0. The van der Waals surface area contributed by atoms with E-state index in [2.05, 4.69) is 266 Å². The van der Waals surface area contributed by atoms with E-state index in [-0.39, 0.29) is 28.4 Å². The van der Waals surface area contributed by atoms with Crippen molar-refractivity contribution in [2.75, 3.05) is 14.7 Å². The molecule has 2 atom stereocenters. The number of aryl methyl sites for hydroxylation is 1. The van der Waals surface area contributed by atoms with Gasteiger partial charge >= 0.3 is 0 Å². The topological polar surface area (TPSA) is 9.72 Å². The molecule has 0 amide bonds. The Hall–Kier alpha value is -6.78. The molecule has 3 heterocycles. The molecule has 4 heteroatoms. The summed E-state index contributed by atoms with van der Waals surface area (Å²) in [4.78, 5) is 7.91. The van der Waals surface area contributed by atoms with Crippen molar-refractivity contribution in [2.45, 2.75) is 109 Å².